The van der Waals surface area contributed by atoms with Crippen molar-refractivity contribution in [1.29, 1.82) is 0 Å². The SMILES string of the molecule is CCCCCCc1ccc(C(=O)Nc2ccc(S(=O)(=O)N(CCN3CCOCC3)[C@@H](C(=O)NO)C(C)C)cc2)cc1.Cl. The second kappa shape index (κ2) is 17.5. The molecule has 1 fully saturated rings. The van der Waals surface area contributed by atoms with Crippen LogP contribution in [0.2, 0.25) is 0 Å². The van der Waals surface area contributed by atoms with Gasteiger partial charge in [0.25, 0.3) is 11.8 Å². The summed E-state index contributed by atoms with van der Waals surface area (Å²) in [5, 5.41) is 12.2. The van der Waals surface area contributed by atoms with Gasteiger partial charge in [-0.1, -0.05) is 52.2 Å². The second-order valence-corrected chi connectivity index (χ2v) is 12.6. The molecule has 1 heterocycles. The number of hydrogen-bond donors (Lipinski definition) is 3. The number of aryl methyl sites for hydroxylation is 1. The standard InChI is InChI=1S/C30H44N4O6S.ClH/c1-4-5-6-7-8-24-9-11-25(12-10-24)29(35)31-26-13-15-27(16-14-26)41(38,39)34(28(23(2)3)30(36)32-37)18-17-33-19-21-40-22-20-33;/h9-16,23,28,37H,4-8,17-22H2,1-3H3,(H,31,35)(H,32,36);1H/t28-;/m1./s1. The van der Waals surface area contributed by atoms with Crippen LogP contribution in [0.1, 0.15) is 62.4 Å². The maximum atomic E-state index is 13.8. The number of ether oxygens (including phenoxy) is 1. The summed E-state index contributed by atoms with van der Waals surface area (Å²) >= 11 is 0. The van der Waals surface area contributed by atoms with E-state index in [1.165, 1.54) is 49.1 Å². The van der Waals surface area contributed by atoms with Crippen LogP contribution in [0.25, 0.3) is 0 Å². The number of hydrogen-bond acceptors (Lipinski definition) is 7. The van der Waals surface area contributed by atoms with Crippen molar-refractivity contribution in [2.45, 2.75) is 63.8 Å². The zero-order chi connectivity index (χ0) is 29.8. The van der Waals surface area contributed by atoms with E-state index < -0.39 is 27.9 Å². The Morgan fingerprint density at radius 3 is 2.21 bits per heavy atom. The number of unbranched alkanes of at least 4 members (excludes halogenated alkanes) is 3. The largest absolute Gasteiger partial charge is 0.379 e. The predicted molar refractivity (Wildman–Crippen MR) is 166 cm³/mol. The molecule has 1 aliphatic rings. The lowest BCUT2D eigenvalue weighted by Gasteiger charge is -2.34. The molecule has 0 radical (unpaired) electrons. The predicted octanol–water partition coefficient (Wildman–Crippen LogP) is 4.34. The summed E-state index contributed by atoms with van der Waals surface area (Å²) in [5.74, 6) is -1.48. The monoisotopic (exact) mass is 624 g/mol. The van der Waals surface area contributed by atoms with E-state index in [-0.39, 0.29) is 29.8 Å². The van der Waals surface area contributed by atoms with E-state index in [2.05, 4.69) is 17.1 Å². The first-order valence-electron chi connectivity index (χ1n) is 14.4. The number of anilines is 1. The van der Waals surface area contributed by atoms with E-state index in [0.29, 0.717) is 44.1 Å². The number of morpholine rings is 1. The molecular weight excluding hydrogens is 580 g/mol. The van der Waals surface area contributed by atoms with Crippen LogP contribution in [0.15, 0.2) is 53.4 Å². The fourth-order valence-corrected chi connectivity index (χ4v) is 6.64. The summed E-state index contributed by atoms with van der Waals surface area (Å²) in [6, 6.07) is 12.3. The van der Waals surface area contributed by atoms with Gasteiger partial charge in [0.15, 0.2) is 0 Å². The van der Waals surface area contributed by atoms with E-state index in [1.54, 1.807) is 31.5 Å². The van der Waals surface area contributed by atoms with Gasteiger partial charge in [-0.25, -0.2) is 13.9 Å². The highest BCUT2D eigenvalue weighted by molar-refractivity contribution is 7.89. The first-order valence-corrected chi connectivity index (χ1v) is 15.9. The van der Waals surface area contributed by atoms with Crippen LogP contribution in [0.4, 0.5) is 5.69 Å². The van der Waals surface area contributed by atoms with Crippen molar-refractivity contribution in [2.24, 2.45) is 5.92 Å². The Hall–Kier alpha value is -2.54. The molecule has 1 aliphatic heterocycles. The Balaban J connectivity index is 0.00000616. The summed E-state index contributed by atoms with van der Waals surface area (Å²) in [5.41, 5.74) is 3.79. The molecule has 0 unspecified atom stereocenters. The minimum atomic E-state index is -4.12. The molecule has 3 N–H and O–H groups in total. The lowest BCUT2D eigenvalue weighted by atomic mass is 10.0. The fraction of sp³-hybridized carbons (Fsp3) is 0.533. The maximum absolute atomic E-state index is 13.8. The van der Waals surface area contributed by atoms with Crippen LogP contribution in [0.3, 0.4) is 0 Å². The summed E-state index contributed by atoms with van der Waals surface area (Å²) < 4.78 is 34.1. The van der Waals surface area contributed by atoms with Crippen LogP contribution < -0.4 is 10.8 Å². The van der Waals surface area contributed by atoms with Crippen LogP contribution in [-0.2, 0) is 26.0 Å². The molecule has 2 aromatic carbocycles. The number of carbonyl (C=O) groups is 2. The van der Waals surface area contributed by atoms with Crippen molar-refractivity contribution < 1.29 is 28.0 Å². The zero-order valence-corrected chi connectivity index (χ0v) is 26.4. The smallest absolute Gasteiger partial charge is 0.262 e. The molecule has 0 saturated carbocycles. The fourth-order valence-electron chi connectivity index (χ4n) is 4.93. The van der Waals surface area contributed by atoms with Gasteiger partial charge in [0.05, 0.1) is 18.1 Å². The Morgan fingerprint density at radius 2 is 1.64 bits per heavy atom. The number of benzene rings is 2. The van der Waals surface area contributed by atoms with Gasteiger partial charge in [-0.15, -0.1) is 12.4 Å². The van der Waals surface area contributed by atoms with Crippen molar-refractivity contribution in [3.05, 3.63) is 59.7 Å². The van der Waals surface area contributed by atoms with Gasteiger partial charge < -0.3 is 10.1 Å². The quantitative estimate of drug-likeness (QED) is 0.153. The normalized spacial score (nSPS) is 14.8. The molecular formula is C30H45ClN4O6S. The highest BCUT2D eigenvalue weighted by atomic mass is 35.5. The Labute approximate surface area is 256 Å². The molecule has 2 aromatic rings. The molecule has 12 heteroatoms. The van der Waals surface area contributed by atoms with Crippen LogP contribution in [0, 0.1) is 5.92 Å². The third-order valence-corrected chi connectivity index (χ3v) is 9.21. The van der Waals surface area contributed by atoms with E-state index in [1.807, 2.05) is 12.1 Å². The van der Waals surface area contributed by atoms with E-state index in [4.69, 9.17) is 4.74 Å². The number of halogens is 1. The van der Waals surface area contributed by atoms with Crippen molar-refractivity contribution in [2.75, 3.05) is 44.7 Å². The molecule has 1 atom stereocenters. The number of rotatable bonds is 15. The third kappa shape index (κ3) is 10.0. The molecule has 10 nitrogen and oxygen atoms in total. The number of nitrogens with zero attached hydrogens (tertiary/aromatic N) is 2. The van der Waals surface area contributed by atoms with Crippen molar-refractivity contribution in [3.8, 4) is 0 Å². The molecule has 1 saturated heterocycles. The minimum absolute atomic E-state index is 0. The first-order chi connectivity index (χ1) is 19.7. The maximum Gasteiger partial charge on any atom is 0.262 e. The van der Waals surface area contributed by atoms with Crippen molar-refractivity contribution in [1.82, 2.24) is 14.7 Å². The number of carbonyl (C=O) groups excluding carboxylic acids is 2. The molecule has 0 aromatic heterocycles. The average molecular weight is 625 g/mol. The van der Waals surface area contributed by atoms with Gasteiger partial charge >= 0.3 is 0 Å². The highest BCUT2D eigenvalue weighted by Gasteiger charge is 2.38. The summed E-state index contributed by atoms with van der Waals surface area (Å²) in [4.78, 5) is 27.5. The van der Waals surface area contributed by atoms with Gasteiger partial charge in [-0.3, -0.25) is 19.7 Å². The zero-order valence-electron chi connectivity index (χ0n) is 24.8. The summed E-state index contributed by atoms with van der Waals surface area (Å²) in [6.07, 6.45) is 5.73. The van der Waals surface area contributed by atoms with Gasteiger partial charge in [-0.05, 0) is 60.7 Å². The Morgan fingerprint density at radius 1 is 1.00 bits per heavy atom. The Bertz CT molecular complexity index is 1220. The average Bonchev–Trinajstić information content (AvgIpc) is 2.98. The number of hydroxylamine groups is 1. The first kappa shape index (κ1) is 35.7. The molecule has 3 rings (SSSR count). The van der Waals surface area contributed by atoms with Gasteiger partial charge in [-0.2, -0.15) is 4.31 Å². The molecule has 42 heavy (non-hydrogen) atoms. The third-order valence-electron chi connectivity index (χ3n) is 7.31. The lowest BCUT2D eigenvalue weighted by molar-refractivity contribution is -0.134. The summed E-state index contributed by atoms with van der Waals surface area (Å²) in [7, 11) is -4.12. The highest BCUT2D eigenvalue weighted by Crippen LogP contribution is 2.24. The van der Waals surface area contributed by atoms with E-state index in [0.717, 1.165) is 17.1 Å². The van der Waals surface area contributed by atoms with Crippen molar-refractivity contribution >= 4 is 39.9 Å². The molecule has 0 spiro atoms. The molecule has 0 bridgehead atoms. The van der Waals surface area contributed by atoms with Crippen LogP contribution in [-0.4, -0.2) is 80.1 Å². The van der Waals surface area contributed by atoms with Crippen LogP contribution >= 0.6 is 12.4 Å². The molecule has 2 amide bonds. The van der Waals surface area contributed by atoms with E-state index >= 15 is 0 Å². The topological polar surface area (TPSA) is 128 Å². The van der Waals surface area contributed by atoms with Gasteiger partial charge in [0.1, 0.15) is 6.04 Å². The van der Waals surface area contributed by atoms with Crippen molar-refractivity contribution in [3.63, 3.8) is 0 Å². The molecule has 234 valence electrons. The number of sulfonamides is 1. The second-order valence-electron chi connectivity index (χ2n) is 10.7. The van der Waals surface area contributed by atoms with Crippen LogP contribution in [0.5, 0.6) is 0 Å². The number of amides is 2. The minimum Gasteiger partial charge on any atom is -0.379 e. The van der Waals surface area contributed by atoms with E-state index in [9.17, 15) is 23.2 Å². The lowest BCUT2D eigenvalue weighted by Crippen LogP contribution is -2.54. The summed E-state index contributed by atoms with van der Waals surface area (Å²) in [6.45, 7) is 8.59. The van der Waals surface area contributed by atoms with Gasteiger partial charge in [0.2, 0.25) is 10.0 Å². The molecule has 0 aliphatic carbocycles. The number of nitrogens with one attached hydrogen (secondary N) is 2. The Kier molecular flexibility index (Phi) is 14.9. The van der Waals surface area contributed by atoms with Gasteiger partial charge in [0, 0.05) is 37.4 Å².